The average Bonchev–Trinajstić information content (AvgIpc) is 3.27. The Morgan fingerprint density at radius 3 is 2.06 bits per heavy atom. The summed E-state index contributed by atoms with van der Waals surface area (Å²) in [5.74, 6) is 0.0769. The smallest absolute Gasteiger partial charge is 0.243 e. The average molecular weight is 470 g/mol. The van der Waals surface area contributed by atoms with Crippen molar-refractivity contribution in [3.63, 3.8) is 0 Å². The van der Waals surface area contributed by atoms with E-state index in [2.05, 4.69) is 36.1 Å². The molecule has 4 rings (SSSR count). The number of sulfonamides is 1. The van der Waals surface area contributed by atoms with E-state index in [9.17, 15) is 13.2 Å². The third-order valence-corrected chi connectivity index (χ3v) is 8.96. The number of carbonyl (C=O) groups excluding carboxylic acids is 1. The van der Waals surface area contributed by atoms with Crippen LogP contribution < -0.4 is 0 Å². The van der Waals surface area contributed by atoms with Crippen molar-refractivity contribution in [2.24, 2.45) is 0 Å². The van der Waals surface area contributed by atoms with E-state index in [1.807, 2.05) is 19.1 Å². The van der Waals surface area contributed by atoms with Crippen LogP contribution in [-0.4, -0.2) is 73.7 Å². The monoisotopic (exact) mass is 469 g/mol. The molecule has 0 aromatic heterocycles. The summed E-state index contributed by atoms with van der Waals surface area (Å²) in [7, 11) is -3.55. The number of likely N-dealkylation sites (tertiary alicyclic amines) is 1. The predicted molar refractivity (Wildman–Crippen MR) is 131 cm³/mol. The van der Waals surface area contributed by atoms with Crippen LogP contribution in [0.25, 0.3) is 11.1 Å². The van der Waals surface area contributed by atoms with Gasteiger partial charge in [0.25, 0.3) is 0 Å². The molecule has 1 amide bonds. The first-order valence-electron chi connectivity index (χ1n) is 12.1. The first kappa shape index (κ1) is 23.9. The van der Waals surface area contributed by atoms with Crippen LogP contribution in [0, 0.1) is 0 Å². The third kappa shape index (κ3) is 5.48. The summed E-state index contributed by atoms with van der Waals surface area (Å²) >= 11 is 0. The van der Waals surface area contributed by atoms with E-state index >= 15 is 0 Å². The molecular formula is C26H35N3O3S. The van der Waals surface area contributed by atoms with E-state index in [4.69, 9.17) is 0 Å². The second-order valence-corrected chi connectivity index (χ2v) is 11.1. The summed E-state index contributed by atoms with van der Waals surface area (Å²) in [5, 5.41) is 0. The van der Waals surface area contributed by atoms with Crippen LogP contribution in [-0.2, 0) is 21.2 Å². The molecule has 2 heterocycles. The van der Waals surface area contributed by atoms with E-state index in [0.717, 1.165) is 24.1 Å². The molecule has 0 bridgehead atoms. The van der Waals surface area contributed by atoms with E-state index in [1.165, 1.54) is 29.3 Å². The zero-order valence-corrected chi connectivity index (χ0v) is 20.6. The molecule has 0 saturated carbocycles. The number of benzene rings is 2. The molecule has 0 aliphatic carbocycles. The fourth-order valence-corrected chi connectivity index (χ4v) is 6.25. The van der Waals surface area contributed by atoms with Crippen molar-refractivity contribution < 1.29 is 13.2 Å². The van der Waals surface area contributed by atoms with Crippen molar-refractivity contribution in [2.75, 3.05) is 39.3 Å². The summed E-state index contributed by atoms with van der Waals surface area (Å²) in [4.78, 5) is 16.5. The molecular weight excluding hydrogens is 434 g/mol. The zero-order chi connectivity index (χ0) is 23.4. The minimum absolute atomic E-state index is 0.0769. The molecule has 0 N–H and O–H groups in total. The van der Waals surface area contributed by atoms with Crippen molar-refractivity contribution in [1.82, 2.24) is 14.1 Å². The molecule has 2 aliphatic heterocycles. The number of carbonyl (C=O) groups is 1. The Labute approximate surface area is 198 Å². The van der Waals surface area contributed by atoms with Gasteiger partial charge in [-0.15, -0.1) is 0 Å². The Balaban J connectivity index is 1.37. The van der Waals surface area contributed by atoms with Gasteiger partial charge in [0, 0.05) is 45.2 Å². The fourth-order valence-electron chi connectivity index (χ4n) is 4.83. The molecule has 2 saturated heterocycles. The van der Waals surface area contributed by atoms with Crippen LogP contribution in [0.1, 0.15) is 38.7 Å². The van der Waals surface area contributed by atoms with Crippen LogP contribution in [0.4, 0.5) is 0 Å². The van der Waals surface area contributed by atoms with Gasteiger partial charge in [-0.2, -0.15) is 4.31 Å². The Morgan fingerprint density at radius 1 is 0.909 bits per heavy atom. The van der Waals surface area contributed by atoms with Gasteiger partial charge >= 0.3 is 0 Å². The fraction of sp³-hybridized carbons (Fsp3) is 0.500. The molecule has 178 valence electrons. The summed E-state index contributed by atoms with van der Waals surface area (Å²) in [6, 6.07) is 16.4. The predicted octanol–water partition coefficient (Wildman–Crippen LogP) is 3.62. The standard InChI is InChI=1S/C26H35N3O3S/c1-3-26(30)28-17-19-29(20-18-28)33(31,32)25-12-10-24(11-13-25)23-8-6-22(7-9-23)14-16-27-15-4-5-21(27)2/h6-13,21H,3-5,14-20H2,1-2H3. The highest BCUT2D eigenvalue weighted by molar-refractivity contribution is 7.89. The lowest BCUT2D eigenvalue weighted by atomic mass is 10.0. The lowest BCUT2D eigenvalue weighted by Crippen LogP contribution is -2.50. The van der Waals surface area contributed by atoms with E-state index < -0.39 is 10.0 Å². The molecule has 1 unspecified atom stereocenters. The van der Waals surface area contributed by atoms with Gasteiger partial charge in [-0.05, 0) is 61.6 Å². The molecule has 2 fully saturated rings. The van der Waals surface area contributed by atoms with Gasteiger partial charge in [0.1, 0.15) is 0 Å². The Morgan fingerprint density at radius 2 is 1.52 bits per heavy atom. The summed E-state index contributed by atoms with van der Waals surface area (Å²) in [5.41, 5.74) is 3.42. The second kappa shape index (κ2) is 10.4. The quantitative estimate of drug-likeness (QED) is 0.621. The molecule has 0 spiro atoms. The molecule has 2 aromatic carbocycles. The van der Waals surface area contributed by atoms with Gasteiger partial charge < -0.3 is 9.80 Å². The Kier molecular flexibility index (Phi) is 7.51. The van der Waals surface area contributed by atoms with Crippen molar-refractivity contribution >= 4 is 15.9 Å². The van der Waals surface area contributed by atoms with Gasteiger partial charge in [-0.3, -0.25) is 4.79 Å². The van der Waals surface area contributed by atoms with Crippen LogP contribution in [0.3, 0.4) is 0 Å². The SMILES string of the molecule is CCC(=O)N1CCN(S(=O)(=O)c2ccc(-c3ccc(CCN4CCCC4C)cc3)cc2)CC1. The van der Waals surface area contributed by atoms with Crippen LogP contribution in [0.5, 0.6) is 0 Å². The van der Waals surface area contributed by atoms with E-state index in [1.54, 1.807) is 17.0 Å². The summed E-state index contributed by atoms with van der Waals surface area (Å²) in [6.07, 6.45) is 4.12. The number of piperazine rings is 1. The number of nitrogens with zero attached hydrogens (tertiary/aromatic N) is 3. The van der Waals surface area contributed by atoms with Gasteiger partial charge in [0.05, 0.1) is 4.90 Å². The molecule has 33 heavy (non-hydrogen) atoms. The lowest BCUT2D eigenvalue weighted by Gasteiger charge is -2.33. The molecule has 2 aromatic rings. The van der Waals surface area contributed by atoms with Gasteiger partial charge in [-0.1, -0.05) is 43.3 Å². The highest BCUT2D eigenvalue weighted by atomic mass is 32.2. The van der Waals surface area contributed by atoms with Crippen molar-refractivity contribution in [1.29, 1.82) is 0 Å². The molecule has 0 radical (unpaired) electrons. The normalized spacial score (nSPS) is 20.3. The minimum Gasteiger partial charge on any atom is -0.340 e. The molecule has 7 heteroatoms. The minimum atomic E-state index is -3.55. The third-order valence-electron chi connectivity index (χ3n) is 7.05. The van der Waals surface area contributed by atoms with Crippen molar-refractivity contribution in [3.05, 3.63) is 54.1 Å². The lowest BCUT2D eigenvalue weighted by molar-refractivity contribution is -0.132. The van der Waals surface area contributed by atoms with Crippen molar-refractivity contribution in [3.8, 4) is 11.1 Å². The van der Waals surface area contributed by atoms with Crippen LogP contribution in [0.15, 0.2) is 53.4 Å². The van der Waals surface area contributed by atoms with Crippen LogP contribution in [0.2, 0.25) is 0 Å². The highest BCUT2D eigenvalue weighted by Gasteiger charge is 2.29. The van der Waals surface area contributed by atoms with E-state index in [0.29, 0.717) is 43.5 Å². The maximum absolute atomic E-state index is 13.0. The first-order chi connectivity index (χ1) is 15.9. The first-order valence-corrected chi connectivity index (χ1v) is 13.5. The Hall–Kier alpha value is -2.22. The maximum Gasteiger partial charge on any atom is 0.243 e. The number of rotatable bonds is 7. The van der Waals surface area contributed by atoms with Gasteiger partial charge in [-0.25, -0.2) is 8.42 Å². The topological polar surface area (TPSA) is 60.9 Å². The summed E-state index contributed by atoms with van der Waals surface area (Å²) < 4.78 is 27.6. The summed E-state index contributed by atoms with van der Waals surface area (Å²) in [6.45, 7) is 8.04. The maximum atomic E-state index is 13.0. The number of amides is 1. The molecule has 2 aliphatic rings. The van der Waals surface area contributed by atoms with Gasteiger partial charge in [0.15, 0.2) is 0 Å². The van der Waals surface area contributed by atoms with E-state index in [-0.39, 0.29) is 5.91 Å². The number of hydrogen-bond donors (Lipinski definition) is 0. The molecule has 1 atom stereocenters. The second-order valence-electron chi connectivity index (χ2n) is 9.14. The van der Waals surface area contributed by atoms with Crippen molar-refractivity contribution in [2.45, 2.75) is 50.5 Å². The van der Waals surface area contributed by atoms with Crippen LogP contribution >= 0.6 is 0 Å². The highest BCUT2D eigenvalue weighted by Crippen LogP contribution is 2.25. The number of hydrogen-bond acceptors (Lipinski definition) is 4. The van der Waals surface area contributed by atoms with Gasteiger partial charge in [0.2, 0.25) is 15.9 Å². The largest absolute Gasteiger partial charge is 0.340 e. The Bertz CT molecular complexity index is 1040. The zero-order valence-electron chi connectivity index (χ0n) is 19.7. The molecule has 6 nitrogen and oxygen atoms in total.